The lowest BCUT2D eigenvalue weighted by Gasteiger charge is -2.27. The molecule has 0 aromatic heterocycles. The first kappa shape index (κ1) is 91.9. The van der Waals surface area contributed by atoms with Gasteiger partial charge in [-0.05, 0) is 191 Å². The van der Waals surface area contributed by atoms with Crippen molar-refractivity contribution < 1.29 is 66.3 Å². The molecule has 17 rings (SSSR count). The van der Waals surface area contributed by atoms with Gasteiger partial charge in [-0.3, -0.25) is 0 Å². The third-order valence-electron chi connectivity index (χ3n) is 22.6. The fraction of sp³-hybridized carbons (Fsp3) is 0.175. The second-order valence-corrected chi connectivity index (χ2v) is 34.1. The molecule has 1 heterocycles. The van der Waals surface area contributed by atoms with E-state index in [1.165, 1.54) is 11.1 Å². The molecule has 2 radical (unpaired) electrons. The molecule has 0 saturated carbocycles. The lowest BCUT2D eigenvalue weighted by Crippen LogP contribution is -2.21. The second-order valence-electron chi connectivity index (χ2n) is 34.1. The predicted octanol–water partition coefficient (Wildman–Crippen LogP) is 27.8. The van der Waals surface area contributed by atoms with Crippen molar-refractivity contribution in [3.05, 3.63) is 502 Å². The highest BCUT2D eigenvalue weighted by Crippen LogP contribution is 2.41. The average Bonchev–Trinajstić information content (AvgIpc) is 1.57. The molecule has 0 N–H and O–H groups in total. The summed E-state index contributed by atoms with van der Waals surface area (Å²) in [5.41, 5.74) is 17.6. The largest absolute Gasteiger partial charge is 0.489 e. The molecule has 0 atom stereocenters. The molecule has 16 aromatic rings. The van der Waals surface area contributed by atoms with Crippen LogP contribution in [0, 0.1) is 6.67 Å². The molecule has 16 nitrogen and oxygen atoms in total. The van der Waals surface area contributed by atoms with Gasteiger partial charge in [-0.25, -0.2) is 0 Å². The lowest BCUT2D eigenvalue weighted by molar-refractivity contribution is 0.270. The Kier molecular flexibility index (Phi) is 31.7. The van der Waals surface area contributed by atoms with Gasteiger partial charge in [0.05, 0.1) is 5.69 Å². The van der Waals surface area contributed by atoms with Gasteiger partial charge in [-0.15, -0.1) is 0 Å². The first-order valence-electron chi connectivity index (χ1n) is 46.1. The Balaban J connectivity index is 0.693. The van der Waals surface area contributed by atoms with E-state index in [0.29, 0.717) is 140 Å². The van der Waals surface area contributed by atoms with Gasteiger partial charge in [0, 0.05) is 61.4 Å². The van der Waals surface area contributed by atoms with Crippen LogP contribution in [0.5, 0.6) is 80.5 Å². The standard InChI is InChI=1S/C120H110N2O14/c1-87(2)118-46-29-47-119(88(3)4)120(118)122-49-48-121(86-122)71-97-50-104(131-80-102-60-114(133-82-98-52-106(123-72-89-30-13-5-14-31-89)65-107(53-98)124-73-90-32-15-6-16-33-90)69-115(61-102)134-83-99-54-108(125-74-91-34-17-7-18-35-91)66-109(55-99)126-75-92-36-19-8-20-37-92)64-105(51-97)132-81-103-62-116(135-84-100-56-110(127-76-93-38-21-9-22-39-93)67-111(57-100)128-77-94-40-23-10-24-41-94)70-117(63-103)136-85-101-58-112(129-78-95-42-25-11-26-43-95)68-113(59-101)130-79-96-44-27-12-28-45-96/h5-70,87-88H,71-85H2,1-4H3. The maximum absolute atomic E-state index is 7.09. The van der Waals surface area contributed by atoms with Crippen molar-refractivity contribution in [1.82, 2.24) is 4.90 Å². The van der Waals surface area contributed by atoms with Gasteiger partial charge >= 0.3 is 0 Å². The van der Waals surface area contributed by atoms with E-state index in [2.05, 4.69) is 86.9 Å². The number of para-hydroxylation sites is 1. The van der Waals surface area contributed by atoms with Gasteiger partial charge in [0.15, 0.2) is 0 Å². The summed E-state index contributed by atoms with van der Waals surface area (Å²) in [6.45, 7) is 16.7. The van der Waals surface area contributed by atoms with Crippen molar-refractivity contribution in [2.75, 3.05) is 4.90 Å². The molecule has 0 aliphatic carbocycles. The number of anilines is 1. The molecule has 684 valence electrons. The SMILES string of the molecule is CC(C)c1cccc(C(C)C)c1N1[C]N(Cc2cc(OCc3cc(OCc4cc(OCc5ccccc5)cc(OCc5ccccc5)c4)cc(OCc4cc(OCc5ccccc5)cc(OCc5ccccc5)c4)c3)cc(OCc3cc(OCc4cc(OCc5ccccc5)cc(OCc5ccccc5)c4)cc(OCc4cc(OCc5ccccc5)cc(OCc5ccccc5)c4)c3)c2)C=C1. The second kappa shape index (κ2) is 46.9. The molecular formula is C120H110N2O14. The van der Waals surface area contributed by atoms with Crippen LogP contribution < -0.4 is 71.2 Å². The Hall–Kier alpha value is -15.9. The molecule has 0 fully saturated rings. The van der Waals surface area contributed by atoms with E-state index in [9.17, 15) is 0 Å². The number of benzene rings is 16. The number of rotatable bonds is 47. The fourth-order valence-electron chi connectivity index (χ4n) is 15.7. The summed E-state index contributed by atoms with van der Waals surface area (Å²) in [6.07, 6.45) is 4.15. The van der Waals surface area contributed by atoms with Gasteiger partial charge in [-0.1, -0.05) is 289 Å². The number of nitrogens with zero attached hydrogens (tertiary/aromatic N) is 2. The Morgan fingerprint density at radius 3 is 0.507 bits per heavy atom. The maximum Gasteiger partial charge on any atom is 0.213 e. The summed E-state index contributed by atoms with van der Waals surface area (Å²) in [5, 5.41) is 0. The summed E-state index contributed by atoms with van der Waals surface area (Å²) in [5.74, 6) is 8.85. The van der Waals surface area contributed by atoms with Crippen LogP contribution in [0.25, 0.3) is 0 Å². The summed E-state index contributed by atoms with van der Waals surface area (Å²) in [4.78, 5) is 4.19. The van der Waals surface area contributed by atoms with Gasteiger partial charge in [0.1, 0.15) is 173 Å². The van der Waals surface area contributed by atoms with Crippen LogP contribution in [0.2, 0.25) is 0 Å². The van der Waals surface area contributed by atoms with Crippen LogP contribution >= 0.6 is 0 Å². The molecule has 1 aliphatic rings. The molecular weight excluding hydrogens is 1690 g/mol. The zero-order valence-corrected chi connectivity index (χ0v) is 77.0. The molecule has 0 spiro atoms. The molecule has 0 unspecified atom stereocenters. The van der Waals surface area contributed by atoms with E-state index in [0.717, 1.165) is 89.1 Å². The maximum atomic E-state index is 7.09. The third-order valence-corrected chi connectivity index (χ3v) is 22.6. The van der Waals surface area contributed by atoms with Gasteiger partial charge < -0.3 is 76.1 Å². The van der Waals surface area contributed by atoms with E-state index >= 15 is 0 Å². The zero-order valence-electron chi connectivity index (χ0n) is 77.0. The Labute approximate surface area is 797 Å². The van der Waals surface area contributed by atoms with Gasteiger partial charge in [0.2, 0.25) is 6.67 Å². The third kappa shape index (κ3) is 27.8. The molecule has 16 heteroatoms. The highest BCUT2D eigenvalue weighted by Gasteiger charge is 2.26. The van der Waals surface area contributed by atoms with Crippen molar-refractivity contribution in [2.24, 2.45) is 0 Å². The van der Waals surface area contributed by atoms with E-state index in [1.54, 1.807) is 0 Å². The number of hydrogen-bond donors (Lipinski definition) is 0. The minimum atomic E-state index is 0.0854. The smallest absolute Gasteiger partial charge is 0.213 e. The number of ether oxygens (including phenoxy) is 14. The van der Waals surface area contributed by atoms with Gasteiger partial charge in [0.25, 0.3) is 0 Å². The van der Waals surface area contributed by atoms with Crippen molar-refractivity contribution in [2.45, 2.75) is 139 Å². The topological polar surface area (TPSA) is 136 Å². The first-order valence-corrected chi connectivity index (χ1v) is 46.1. The Morgan fingerprint density at radius 1 is 0.176 bits per heavy atom. The zero-order chi connectivity index (χ0) is 92.7. The lowest BCUT2D eigenvalue weighted by atomic mass is 9.92. The fourth-order valence-corrected chi connectivity index (χ4v) is 15.7. The molecule has 136 heavy (non-hydrogen) atoms. The quantitative estimate of drug-likeness (QED) is 0.0357. The Bertz CT molecular complexity index is 5580. The van der Waals surface area contributed by atoms with E-state index in [-0.39, 0.29) is 51.5 Å². The van der Waals surface area contributed by atoms with Gasteiger partial charge in [-0.2, -0.15) is 0 Å². The van der Waals surface area contributed by atoms with E-state index in [1.807, 2.05) is 358 Å². The van der Waals surface area contributed by atoms with Crippen LogP contribution in [-0.2, 0) is 99.0 Å². The molecule has 0 bridgehead atoms. The summed E-state index contributed by atoms with van der Waals surface area (Å²) in [7, 11) is 0. The van der Waals surface area contributed by atoms with E-state index < -0.39 is 0 Å². The predicted molar refractivity (Wildman–Crippen MR) is 532 cm³/mol. The molecule has 0 saturated heterocycles. The molecule has 16 aromatic carbocycles. The van der Waals surface area contributed by atoms with Crippen LogP contribution in [0.1, 0.15) is 134 Å². The average molecular weight is 1800 g/mol. The highest BCUT2D eigenvalue weighted by molar-refractivity contribution is 5.66. The number of hydrogen-bond acceptors (Lipinski definition) is 16. The molecule has 1 aliphatic heterocycles. The van der Waals surface area contributed by atoms with Crippen LogP contribution in [0.15, 0.2) is 401 Å². The molecule has 0 amide bonds. The highest BCUT2D eigenvalue weighted by atomic mass is 16.5. The first-order chi connectivity index (χ1) is 66.9. The van der Waals surface area contributed by atoms with Crippen molar-refractivity contribution in [3.8, 4) is 80.5 Å². The Morgan fingerprint density at radius 2 is 0.338 bits per heavy atom. The van der Waals surface area contributed by atoms with Crippen molar-refractivity contribution in [1.29, 1.82) is 0 Å². The summed E-state index contributed by atoms with van der Waals surface area (Å²) < 4.78 is 93.7. The minimum absolute atomic E-state index is 0.0854. The van der Waals surface area contributed by atoms with Crippen LogP contribution in [-0.4, -0.2) is 4.90 Å². The summed E-state index contributed by atoms with van der Waals surface area (Å²) in [6, 6.07) is 129. The van der Waals surface area contributed by atoms with Crippen LogP contribution in [0.4, 0.5) is 5.69 Å². The van der Waals surface area contributed by atoms with Crippen LogP contribution in [0.3, 0.4) is 0 Å². The van der Waals surface area contributed by atoms with E-state index in [4.69, 9.17) is 66.3 Å². The monoisotopic (exact) mass is 1800 g/mol. The normalized spacial score (nSPS) is 11.6. The van der Waals surface area contributed by atoms with Crippen molar-refractivity contribution >= 4 is 5.69 Å². The van der Waals surface area contributed by atoms with Crippen molar-refractivity contribution in [3.63, 3.8) is 0 Å². The summed E-state index contributed by atoms with van der Waals surface area (Å²) >= 11 is 0. The minimum Gasteiger partial charge on any atom is -0.489 e.